The lowest BCUT2D eigenvalue weighted by atomic mass is 9.88. The SMILES string of the molecule is Cc1ccc2c(c1)C(O)(Cc1ccc(F)c(F)c1)CC2. The van der Waals surface area contributed by atoms with Crippen LogP contribution in [0.1, 0.15) is 28.7 Å². The Balaban J connectivity index is 1.95. The van der Waals surface area contributed by atoms with E-state index in [0.29, 0.717) is 18.4 Å². The molecule has 0 heterocycles. The van der Waals surface area contributed by atoms with Gasteiger partial charge in [0.05, 0.1) is 5.60 Å². The number of hydrogen-bond donors (Lipinski definition) is 1. The Morgan fingerprint density at radius 1 is 1.10 bits per heavy atom. The van der Waals surface area contributed by atoms with Crippen LogP contribution >= 0.6 is 0 Å². The number of aryl methyl sites for hydroxylation is 2. The van der Waals surface area contributed by atoms with Crippen LogP contribution in [-0.2, 0) is 18.4 Å². The van der Waals surface area contributed by atoms with Crippen LogP contribution in [0.3, 0.4) is 0 Å². The number of hydrogen-bond acceptors (Lipinski definition) is 1. The summed E-state index contributed by atoms with van der Waals surface area (Å²) >= 11 is 0. The fourth-order valence-corrected chi connectivity index (χ4v) is 2.99. The highest BCUT2D eigenvalue weighted by Gasteiger charge is 2.36. The summed E-state index contributed by atoms with van der Waals surface area (Å²) in [5.74, 6) is -1.73. The van der Waals surface area contributed by atoms with Crippen LogP contribution in [0.2, 0.25) is 0 Å². The molecule has 3 heteroatoms. The molecule has 0 aliphatic heterocycles. The van der Waals surface area contributed by atoms with E-state index in [0.717, 1.165) is 29.2 Å². The second kappa shape index (κ2) is 4.67. The molecule has 3 rings (SSSR count). The Bertz CT molecular complexity index is 666. The normalized spacial score (nSPS) is 21.0. The van der Waals surface area contributed by atoms with Gasteiger partial charge >= 0.3 is 0 Å². The smallest absolute Gasteiger partial charge is 0.159 e. The van der Waals surface area contributed by atoms with Crippen LogP contribution in [0.5, 0.6) is 0 Å². The second-order valence-corrected chi connectivity index (χ2v) is 5.62. The Hall–Kier alpha value is -1.74. The fraction of sp³-hybridized carbons (Fsp3) is 0.294. The van der Waals surface area contributed by atoms with Crippen LogP contribution < -0.4 is 0 Å². The topological polar surface area (TPSA) is 20.2 Å². The Kier molecular flexibility index (Phi) is 3.09. The molecule has 1 nitrogen and oxygen atoms in total. The molecule has 2 aromatic carbocycles. The second-order valence-electron chi connectivity index (χ2n) is 5.62. The first-order chi connectivity index (χ1) is 9.48. The number of rotatable bonds is 2. The molecule has 0 amide bonds. The summed E-state index contributed by atoms with van der Waals surface area (Å²) in [7, 11) is 0. The first kappa shape index (κ1) is 13.3. The largest absolute Gasteiger partial charge is 0.385 e. The van der Waals surface area contributed by atoms with Crippen molar-refractivity contribution in [2.75, 3.05) is 0 Å². The van der Waals surface area contributed by atoms with Gasteiger partial charge in [-0.1, -0.05) is 29.8 Å². The van der Waals surface area contributed by atoms with E-state index >= 15 is 0 Å². The molecule has 1 N–H and O–H groups in total. The van der Waals surface area contributed by atoms with E-state index < -0.39 is 17.2 Å². The minimum absolute atomic E-state index is 0.306. The lowest BCUT2D eigenvalue weighted by Gasteiger charge is -2.24. The van der Waals surface area contributed by atoms with E-state index in [-0.39, 0.29) is 0 Å². The van der Waals surface area contributed by atoms with E-state index in [4.69, 9.17) is 0 Å². The van der Waals surface area contributed by atoms with E-state index in [9.17, 15) is 13.9 Å². The van der Waals surface area contributed by atoms with Crippen molar-refractivity contribution in [3.05, 3.63) is 70.3 Å². The minimum atomic E-state index is -0.981. The average molecular weight is 274 g/mol. The summed E-state index contributed by atoms with van der Waals surface area (Å²) in [5.41, 5.74) is 2.78. The zero-order valence-corrected chi connectivity index (χ0v) is 11.3. The molecule has 0 saturated carbocycles. The van der Waals surface area contributed by atoms with Crippen molar-refractivity contribution < 1.29 is 13.9 Å². The molecule has 0 spiro atoms. The van der Waals surface area contributed by atoms with Gasteiger partial charge < -0.3 is 5.11 Å². The van der Waals surface area contributed by atoms with Gasteiger partial charge in [-0.25, -0.2) is 8.78 Å². The molecule has 20 heavy (non-hydrogen) atoms. The summed E-state index contributed by atoms with van der Waals surface area (Å²) < 4.78 is 26.2. The number of fused-ring (bicyclic) bond motifs is 1. The molecule has 104 valence electrons. The third-order valence-electron chi connectivity index (χ3n) is 4.06. The van der Waals surface area contributed by atoms with Crippen LogP contribution in [0.15, 0.2) is 36.4 Å². The van der Waals surface area contributed by atoms with Crippen molar-refractivity contribution in [2.45, 2.75) is 31.8 Å². The minimum Gasteiger partial charge on any atom is -0.385 e. The van der Waals surface area contributed by atoms with E-state index in [1.165, 1.54) is 12.1 Å². The number of halogens is 2. The van der Waals surface area contributed by atoms with E-state index in [1.807, 2.05) is 25.1 Å². The van der Waals surface area contributed by atoms with Gasteiger partial charge in [-0.3, -0.25) is 0 Å². The van der Waals surface area contributed by atoms with E-state index in [1.54, 1.807) is 0 Å². The maximum atomic E-state index is 13.3. The van der Waals surface area contributed by atoms with Crippen molar-refractivity contribution in [3.63, 3.8) is 0 Å². The van der Waals surface area contributed by atoms with Crippen molar-refractivity contribution in [2.24, 2.45) is 0 Å². The maximum Gasteiger partial charge on any atom is 0.159 e. The third kappa shape index (κ3) is 2.22. The lowest BCUT2D eigenvalue weighted by molar-refractivity contribution is 0.0388. The molecule has 0 aromatic heterocycles. The van der Waals surface area contributed by atoms with Gasteiger partial charge in [0.1, 0.15) is 0 Å². The van der Waals surface area contributed by atoms with Crippen LogP contribution in [0.4, 0.5) is 8.78 Å². The molecule has 0 fully saturated rings. The van der Waals surface area contributed by atoms with Crippen molar-refractivity contribution >= 4 is 0 Å². The number of benzene rings is 2. The highest BCUT2D eigenvalue weighted by atomic mass is 19.2. The van der Waals surface area contributed by atoms with Crippen LogP contribution in [0.25, 0.3) is 0 Å². The van der Waals surface area contributed by atoms with Gasteiger partial charge in [-0.05, 0) is 48.6 Å². The summed E-state index contributed by atoms with van der Waals surface area (Å²) in [5, 5.41) is 10.9. The quantitative estimate of drug-likeness (QED) is 0.886. The van der Waals surface area contributed by atoms with Gasteiger partial charge in [0.15, 0.2) is 11.6 Å². The molecular weight excluding hydrogens is 258 g/mol. The molecular formula is C17H16F2O. The van der Waals surface area contributed by atoms with Gasteiger partial charge in [-0.2, -0.15) is 0 Å². The van der Waals surface area contributed by atoms with Gasteiger partial charge in [-0.15, -0.1) is 0 Å². The predicted octanol–water partition coefficient (Wildman–Crippen LogP) is 3.65. The van der Waals surface area contributed by atoms with Crippen molar-refractivity contribution in [1.82, 2.24) is 0 Å². The fourth-order valence-electron chi connectivity index (χ4n) is 2.99. The molecule has 0 bridgehead atoms. The third-order valence-corrected chi connectivity index (χ3v) is 4.06. The molecule has 1 atom stereocenters. The van der Waals surface area contributed by atoms with E-state index in [2.05, 4.69) is 0 Å². The van der Waals surface area contributed by atoms with Gasteiger partial charge in [0, 0.05) is 6.42 Å². The Labute approximate surface area is 116 Å². The molecule has 1 aliphatic rings. The molecule has 0 saturated heterocycles. The average Bonchev–Trinajstić information content (AvgIpc) is 2.72. The maximum absolute atomic E-state index is 13.3. The first-order valence-corrected chi connectivity index (χ1v) is 6.74. The van der Waals surface area contributed by atoms with Crippen molar-refractivity contribution in [1.29, 1.82) is 0 Å². The summed E-state index contributed by atoms with van der Waals surface area (Å²) in [6.45, 7) is 1.98. The van der Waals surface area contributed by atoms with Gasteiger partial charge in [0.25, 0.3) is 0 Å². The van der Waals surface area contributed by atoms with Crippen LogP contribution in [-0.4, -0.2) is 5.11 Å². The lowest BCUT2D eigenvalue weighted by Crippen LogP contribution is -2.25. The molecule has 2 aromatic rings. The molecule has 0 radical (unpaired) electrons. The number of aliphatic hydroxyl groups is 1. The molecule has 1 unspecified atom stereocenters. The highest BCUT2D eigenvalue weighted by molar-refractivity contribution is 5.41. The summed E-state index contributed by atoms with van der Waals surface area (Å²) in [4.78, 5) is 0. The highest BCUT2D eigenvalue weighted by Crippen LogP contribution is 2.39. The zero-order chi connectivity index (χ0) is 14.3. The Morgan fingerprint density at radius 2 is 1.90 bits per heavy atom. The standard InChI is InChI=1S/C17H16F2O/c1-11-2-4-13-6-7-17(20,14(13)8-11)10-12-3-5-15(18)16(19)9-12/h2-5,8-9,20H,6-7,10H2,1H3. The Morgan fingerprint density at radius 3 is 2.65 bits per heavy atom. The summed E-state index contributed by atoms with van der Waals surface area (Å²) in [6, 6.07) is 9.86. The summed E-state index contributed by atoms with van der Waals surface area (Å²) in [6.07, 6.45) is 1.74. The first-order valence-electron chi connectivity index (χ1n) is 6.74. The monoisotopic (exact) mass is 274 g/mol. The van der Waals surface area contributed by atoms with Gasteiger partial charge in [0.2, 0.25) is 0 Å². The zero-order valence-electron chi connectivity index (χ0n) is 11.3. The van der Waals surface area contributed by atoms with Crippen molar-refractivity contribution in [3.8, 4) is 0 Å². The predicted molar refractivity (Wildman–Crippen MR) is 73.5 cm³/mol. The molecule has 1 aliphatic carbocycles. The van der Waals surface area contributed by atoms with Crippen LogP contribution in [0, 0.1) is 18.6 Å².